The van der Waals surface area contributed by atoms with Crippen molar-refractivity contribution in [3.05, 3.63) is 22.7 Å². The van der Waals surface area contributed by atoms with Crippen LogP contribution in [0.5, 0.6) is 5.75 Å². The Balaban J connectivity index is 2.35. The first-order valence-corrected chi connectivity index (χ1v) is 8.57. The molecule has 19 heavy (non-hydrogen) atoms. The van der Waals surface area contributed by atoms with Crippen molar-refractivity contribution in [2.45, 2.75) is 11.7 Å². The summed E-state index contributed by atoms with van der Waals surface area (Å²) in [4.78, 5) is 13.3. The molecule has 1 heterocycles. The van der Waals surface area contributed by atoms with E-state index in [1.807, 2.05) is 0 Å². The third-order valence-electron chi connectivity index (χ3n) is 2.93. The maximum absolute atomic E-state index is 11.9. The lowest BCUT2D eigenvalue weighted by atomic mass is 10.3. The van der Waals surface area contributed by atoms with Crippen LogP contribution >= 0.6 is 26.6 Å². The Labute approximate surface area is 124 Å². The van der Waals surface area contributed by atoms with Crippen molar-refractivity contribution in [1.29, 1.82) is 0 Å². The van der Waals surface area contributed by atoms with Crippen LogP contribution in [0.1, 0.15) is 6.42 Å². The molecule has 0 N–H and O–H groups in total. The van der Waals surface area contributed by atoms with Crippen LogP contribution in [0.25, 0.3) is 0 Å². The van der Waals surface area contributed by atoms with Crippen molar-refractivity contribution < 1.29 is 17.9 Å². The van der Waals surface area contributed by atoms with E-state index in [4.69, 9.17) is 15.4 Å². The standard InChI is InChI=1S/C11H11BrClNO4S/c1-18-7-2-3-9(12)10(4-7)14-6-8(5-11(14)15)19(13,16)17/h2-4,8H,5-6H2,1H3. The topological polar surface area (TPSA) is 63.7 Å². The minimum Gasteiger partial charge on any atom is -0.497 e. The van der Waals surface area contributed by atoms with Gasteiger partial charge in [0.15, 0.2) is 0 Å². The first-order chi connectivity index (χ1) is 8.82. The lowest BCUT2D eigenvalue weighted by molar-refractivity contribution is -0.117. The molecule has 0 aromatic heterocycles. The second-order valence-corrected chi connectivity index (χ2v) is 7.89. The lowest BCUT2D eigenvalue weighted by Crippen LogP contribution is -2.27. The molecule has 1 fully saturated rings. The molecule has 0 saturated carbocycles. The highest BCUT2D eigenvalue weighted by molar-refractivity contribution is 9.10. The molecule has 8 heteroatoms. The maximum atomic E-state index is 11.9. The Morgan fingerprint density at radius 3 is 2.68 bits per heavy atom. The largest absolute Gasteiger partial charge is 0.497 e. The SMILES string of the molecule is COc1ccc(Br)c(N2CC(S(=O)(=O)Cl)CC2=O)c1. The van der Waals surface area contributed by atoms with Crippen molar-refractivity contribution in [2.24, 2.45) is 0 Å². The van der Waals surface area contributed by atoms with E-state index in [1.54, 1.807) is 18.2 Å². The zero-order valence-electron chi connectivity index (χ0n) is 9.97. The van der Waals surface area contributed by atoms with Gasteiger partial charge in [0, 0.05) is 34.2 Å². The van der Waals surface area contributed by atoms with Gasteiger partial charge in [0.25, 0.3) is 0 Å². The van der Waals surface area contributed by atoms with Gasteiger partial charge in [-0.1, -0.05) is 0 Å². The van der Waals surface area contributed by atoms with Gasteiger partial charge in [-0.15, -0.1) is 0 Å². The Morgan fingerprint density at radius 2 is 2.16 bits per heavy atom. The predicted octanol–water partition coefficient (Wildman–Crippen LogP) is 2.13. The van der Waals surface area contributed by atoms with Gasteiger partial charge in [0.05, 0.1) is 12.8 Å². The van der Waals surface area contributed by atoms with Crippen LogP contribution in [0.3, 0.4) is 0 Å². The Hall–Kier alpha value is -0.790. The molecule has 1 aliphatic heterocycles. The zero-order chi connectivity index (χ0) is 14.2. The summed E-state index contributed by atoms with van der Waals surface area (Å²) >= 11 is 3.34. The van der Waals surface area contributed by atoms with E-state index in [1.165, 1.54) is 12.0 Å². The summed E-state index contributed by atoms with van der Waals surface area (Å²) in [6, 6.07) is 5.15. The lowest BCUT2D eigenvalue weighted by Gasteiger charge is -2.18. The highest BCUT2D eigenvalue weighted by Crippen LogP contribution is 2.34. The average molecular weight is 369 g/mol. The van der Waals surface area contributed by atoms with Crippen LogP contribution in [0, 0.1) is 0 Å². The highest BCUT2D eigenvalue weighted by Gasteiger charge is 2.38. The van der Waals surface area contributed by atoms with Crippen LogP contribution in [0.4, 0.5) is 5.69 Å². The van der Waals surface area contributed by atoms with Gasteiger partial charge in [0.1, 0.15) is 11.0 Å². The van der Waals surface area contributed by atoms with E-state index in [0.29, 0.717) is 15.9 Å². The number of hydrogen-bond donors (Lipinski definition) is 0. The van der Waals surface area contributed by atoms with Crippen LogP contribution in [0.15, 0.2) is 22.7 Å². The number of benzene rings is 1. The zero-order valence-corrected chi connectivity index (χ0v) is 13.1. The number of carbonyl (C=O) groups excluding carboxylic acids is 1. The predicted molar refractivity (Wildman–Crippen MR) is 76.2 cm³/mol. The molecular formula is C11H11BrClNO4S. The molecule has 104 valence electrons. The van der Waals surface area contributed by atoms with Gasteiger partial charge in [-0.05, 0) is 28.1 Å². The van der Waals surface area contributed by atoms with Gasteiger partial charge in [-0.2, -0.15) is 0 Å². The Kier molecular flexibility index (Phi) is 4.08. The second-order valence-electron chi connectivity index (χ2n) is 4.12. The van der Waals surface area contributed by atoms with Crippen LogP contribution < -0.4 is 9.64 Å². The highest BCUT2D eigenvalue weighted by atomic mass is 79.9. The summed E-state index contributed by atoms with van der Waals surface area (Å²) in [5, 5.41) is -0.875. The number of rotatable bonds is 3. The number of nitrogens with zero attached hydrogens (tertiary/aromatic N) is 1. The van der Waals surface area contributed by atoms with E-state index >= 15 is 0 Å². The van der Waals surface area contributed by atoms with Gasteiger partial charge in [-0.25, -0.2) is 8.42 Å². The van der Waals surface area contributed by atoms with Crippen LogP contribution in [-0.2, 0) is 13.8 Å². The molecule has 0 radical (unpaired) electrons. The summed E-state index contributed by atoms with van der Waals surface area (Å²) in [6.07, 6.45) is -0.102. The summed E-state index contributed by atoms with van der Waals surface area (Å²) in [5.41, 5.74) is 0.576. The normalized spacial score (nSPS) is 19.8. The number of ether oxygens (including phenoxy) is 1. The third-order valence-corrected chi connectivity index (χ3v) is 5.47. The molecule has 5 nitrogen and oxygen atoms in total. The Bertz CT molecular complexity index is 619. The first-order valence-electron chi connectivity index (χ1n) is 5.40. The van der Waals surface area contributed by atoms with E-state index in [9.17, 15) is 13.2 Å². The fraction of sp³-hybridized carbons (Fsp3) is 0.364. The molecule has 1 aromatic rings. The Morgan fingerprint density at radius 1 is 1.47 bits per heavy atom. The maximum Gasteiger partial charge on any atom is 0.237 e. The van der Waals surface area contributed by atoms with E-state index < -0.39 is 14.3 Å². The van der Waals surface area contributed by atoms with Crippen molar-refractivity contribution in [3.8, 4) is 5.75 Å². The number of hydrogen-bond acceptors (Lipinski definition) is 4. The molecule has 1 saturated heterocycles. The fourth-order valence-corrected chi connectivity index (χ4v) is 3.41. The molecule has 1 amide bonds. The van der Waals surface area contributed by atoms with Crippen LogP contribution in [0.2, 0.25) is 0 Å². The summed E-state index contributed by atoms with van der Waals surface area (Å²) in [6.45, 7) is 0.0520. The molecular weight excluding hydrogens is 358 g/mol. The number of amides is 1. The van der Waals surface area contributed by atoms with Gasteiger partial charge in [0.2, 0.25) is 15.0 Å². The van der Waals surface area contributed by atoms with Crippen molar-refractivity contribution >= 4 is 47.3 Å². The smallest absolute Gasteiger partial charge is 0.237 e. The second kappa shape index (κ2) is 5.30. The summed E-state index contributed by atoms with van der Waals surface area (Å²) in [5.74, 6) is 0.311. The van der Waals surface area contributed by atoms with E-state index in [2.05, 4.69) is 15.9 Å². The number of halogens is 2. The molecule has 1 atom stereocenters. The summed E-state index contributed by atoms with van der Waals surface area (Å²) < 4.78 is 28.4. The molecule has 1 aromatic carbocycles. The van der Waals surface area contributed by atoms with Crippen LogP contribution in [-0.4, -0.2) is 33.2 Å². The minimum atomic E-state index is -3.74. The van der Waals surface area contributed by atoms with Crippen molar-refractivity contribution in [3.63, 3.8) is 0 Å². The quantitative estimate of drug-likeness (QED) is 0.767. The molecule has 0 aliphatic carbocycles. The van der Waals surface area contributed by atoms with Gasteiger partial charge >= 0.3 is 0 Å². The van der Waals surface area contributed by atoms with E-state index in [0.717, 1.165) is 0 Å². The summed E-state index contributed by atoms with van der Waals surface area (Å²) in [7, 11) is 3.09. The molecule has 0 spiro atoms. The van der Waals surface area contributed by atoms with E-state index in [-0.39, 0.29) is 18.9 Å². The molecule has 0 bridgehead atoms. The first kappa shape index (κ1) is 14.6. The van der Waals surface area contributed by atoms with Gasteiger partial charge in [-0.3, -0.25) is 4.79 Å². The number of carbonyl (C=O) groups is 1. The monoisotopic (exact) mass is 367 g/mol. The number of methoxy groups -OCH3 is 1. The molecule has 1 aliphatic rings. The van der Waals surface area contributed by atoms with Crippen molar-refractivity contribution in [1.82, 2.24) is 0 Å². The third kappa shape index (κ3) is 3.04. The molecule has 1 unspecified atom stereocenters. The minimum absolute atomic E-state index is 0.0520. The fourth-order valence-electron chi connectivity index (χ4n) is 1.92. The molecule has 2 rings (SSSR count). The van der Waals surface area contributed by atoms with Gasteiger partial charge < -0.3 is 9.64 Å². The number of anilines is 1. The van der Waals surface area contributed by atoms with Crippen molar-refractivity contribution in [2.75, 3.05) is 18.6 Å². The average Bonchev–Trinajstić information content (AvgIpc) is 2.72.